The molecule has 0 unspecified atom stereocenters. The van der Waals surface area contributed by atoms with Gasteiger partial charge in [0.05, 0.1) is 17.0 Å². The van der Waals surface area contributed by atoms with Crippen molar-refractivity contribution in [1.29, 1.82) is 0 Å². The van der Waals surface area contributed by atoms with Crippen molar-refractivity contribution in [3.05, 3.63) is 35.3 Å². The van der Waals surface area contributed by atoms with Crippen LogP contribution in [0.25, 0.3) is 11.3 Å². The summed E-state index contributed by atoms with van der Waals surface area (Å²) in [5.41, 5.74) is 2.86. The molecule has 0 atom stereocenters. The van der Waals surface area contributed by atoms with Crippen molar-refractivity contribution in [2.24, 2.45) is 0 Å². The SMILES string of the molecule is Cc1noc(C)c1-c1cccc(C(=O)N2CCN(C)CC2)n1. The minimum absolute atomic E-state index is 0.0123. The minimum atomic E-state index is -0.0123. The van der Waals surface area contributed by atoms with Gasteiger partial charge in [0.2, 0.25) is 0 Å². The molecule has 0 N–H and O–H groups in total. The van der Waals surface area contributed by atoms with Crippen LogP contribution in [0.1, 0.15) is 21.9 Å². The second-order valence-electron chi connectivity index (χ2n) is 5.70. The zero-order valence-electron chi connectivity index (χ0n) is 13.2. The fourth-order valence-electron chi connectivity index (χ4n) is 2.71. The van der Waals surface area contributed by atoms with Crippen molar-refractivity contribution in [2.75, 3.05) is 33.2 Å². The highest BCUT2D eigenvalue weighted by molar-refractivity contribution is 5.93. The Kier molecular flexibility index (Phi) is 3.94. The molecule has 1 fully saturated rings. The van der Waals surface area contributed by atoms with Gasteiger partial charge in [0.1, 0.15) is 11.5 Å². The first-order valence-corrected chi connectivity index (χ1v) is 7.44. The molecule has 1 aliphatic heterocycles. The molecule has 1 amide bonds. The number of hydrogen-bond donors (Lipinski definition) is 0. The van der Waals surface area contributed by atoms with E-state index in [1.165, 1.54) is 0 Å². The molecule has 0 saturated carbocycles. The molecule has 1 saturated heterocycles. The van der Waals surface area contributed by atoms with Crippen molar-refractivity contribution in [1.82, 2.24) is 19.9 Å². The molecule has 0 radical (unpaired) electrons. The predicted octanol–water partition coefficient (Wildman–Crippen LogP) is 1.74. The molecule has 6 heteroatoms. The molecule has 1 aliphatic rings. The van der Waals surface area contributed by atoms with E-state index in [1.54, 1.807) is 6.07 Å². The minimum Gasteiger partial charge on any atom is -0.361 e. The van der Waals surface area contributed by atoms with Gasteiger partial charge in [-0.1, -0.05) is 11.2 Å². The van der Waals surface area contributed by atoms with Gasteiger partial charge in [-0.15, -0.1) is 0 Å². The Balaban J connectivity index is 1.87. The van der Waals surface area contributed by atoms with Crippen LogP contribution in [0, 0.1) is 13.8 Å². The summed E-state index contributed by atoms with van der Waals surface area (Å²) in [4.78, 5) is 21.2. The fraction of sp³-hybridized carbons (Fsp3) is 0.438. The number of likely N-dealkylation sites (N-methyl/N-ethyl adjacent to an activating group) is 1. The molecule has 2 aromatic heterocycles. The zero-order chi connectivity index (χ0) is 15.7. The summed E-state index contributed by atoms with van der Waals surface area (Å²) in [6, 6.07) is 5.51. The Labute approximate surface area is 129 Å². The highest BCUT2D eigenvalue weighted by Crippen LogP contribution is 2.25. The van der Waals surface area contributed by atoms with E-state index in [1.807, 2.05) is 30.9 Å². The highest BCUT2D eigenvalue weighted by Gasteiger charge is 2.22. The van der Waals surface area contributed by atoms with Gasteiger partial charge >= 0.3 is 0 Å². The van der Waals surface area contributed by atoms with Crippen LogP contribution in [0.4, 0.5) is 0 Å². The Morgan fingerprint density at radius 2 is 1.91 bits per heavy atom. The van der Waals surface area contributed by atoms with E-state index in [-0.39, 0.29) is 5.91 Å². The summed E-state index contributed by atoms with van der Waals surface area (Å²) in [5, 5.41) is 3.95. The third kappa shape index (κ3) is 2.74. The summed E-state index contributed by atoms with van der Waals surface area (Å²) >= 11 is 0. The lowest BCUT2D eigenvalue weighted by Crippen LogP contribution is -2.47. The van der Waals surface area contributed by atoms with Crippen LogP contribution < -0.4 is 0 Å². The zero-order valence-corrected chi connectivity index (χ0v) is 13.2. The second-order valence-corrected chi connectivity index (χ2v) is 5.70. The molecule has 3 rings (SSSR count). The van der Waals surface area contributed by atoms with Crippen LogP contribution >= 0.6 is 0 Å². The van der Waals surface area contributed by atoms with Gasteiger partial charge in [-0.25, -0.2) is 4.98 Å². The Hall–Kier alpha value is -2.21. The molecular weight excluding hydrogens is 280 g/mol. The van der Waals surface area contributed by atoms with E-state index >= 15 is 0 Å². The van der Waals surface area contributed by atoms with Crippen LogP contribution in [0.3, 0.4) is 0 Å². The molecule has 22 heavy (non-hydrogen) atoms. The van der Waals surface area contributed by atoms with Gasteiger partial charge in [0, 0.05) is 26.2 Å². The third-order valence-electron chi connectivity index (χ3n) is 4.05. The standard InChI is InChI=1S/C16H20N4O2/c1-11-15(12(2)22-18-11)13-5-4-6-14(17-13)16(21)20-9-7-19(3)8-10-20/h4-6H,7-10H2,1-3H3. The molecule has 3 heterocycles. The lowest BCUT2D eigenvalue weighted by molar-refractivity contribution is 0.0658. The molecule has 2 aromatic rings. The van der Waals surface area contributed by atoms with Crippen LogP contribution in [-0.2, 0) is 0 Å². The van der Waals surface area contributed by atoms with Crippen molar-refractivity contribution in [3.63, 3.8) is 0 Å². The number of amides is 1. The van der Waals surface area contributed by atoms with Crippen molar-refractivity contribution in [2.45, 2.75) is 13.8 Å². The van der Waals surface area contributed by atoms with E-state index in [4.69, 9.17) is 4.52 Å². The molecule has 0 spiro atoms. The summed E-state index contributed by atoms with van der Waals surface area (Å²) in [5.74, 6) is 0.705. The molecular formula is C16H20N4O2. The number of aryl methyl sites for hydroxylation is 2. The summed E-state index contributed by atoms with van der Waals surface area (Å²) < 4.78 is 5.19. The van der Waals surface area contributed by atoms with E-state index in [0.29, 0.717) is 11.5 Å². The highest BCUT2D eigenvalue weighted by atomic mass is 16.5. The fourth-order valence-corrected chi connectivity index (χ4v) is 2.71. The molecule has 0 aliphatic carbocycles. The molecule has 0 bridgehead atoms. The molecule has 0 aromatic carbocycles. The smallest absolute Gasteiger partial charge is 0.272 e. The van der Waals surface area contributed by atoms with Gasteiger partial charge in [-0.05, 0) is 33.0 Å². The number of aromatic nitrogens is 2. The average Bonchev–Trinajstić information content (AvgIpc) is 2.86. The van der Waals surface area contributed by atoms with Crippen molar-refractivity contribution < 1.29 is 9.32 Å². The van der Waals surface area contributed by atoms with Gasteiger partial charge in [-0.2, -0.15) is 0 Å². The summed E-state index contributed by atoms with van der Waals surface area (Å²) in [6.07, 6.45) is 0. The van der Waals surface area contributed by atoms with Gasteiger partial charge in [0.25, 0.3) is 5.91 Å². The van der Waals surface area contributed by atoms with Gasteiger partial charge < -0.3 is 14.3 Å². The first-order chi connectivity index (χ1) is 10.6. The molecule has 6 nitrogen and oxygen atoms in total. The quantitative estimate of drug-likeness (QED) is 0.845. The van der Waals surface area contributed by atoms with Crippen molar-refractivity contribution in [3.8, 4) is 11.3 Å². The van der Waals surface area contributed by atoms with Crippen LogP contribution in [0.2, 0.25) is 0 Å². The average molecular weight is 300 g/mol. The Morgan fingerprint density at radius 3 is 2.55 bits per heavy atom. The number of hydrogen-bond acceptors (Lipinski definition) is 5. The lowest BCUT2D eigenvalue weighted by Gasteiger charge is -2.32. The first-order valence-electron chi connectivity index (χ1n) is 7.44. The predicted molar refractivity (Wildman–Crippen MR) is 82.6 cm³/mol. The number of pyridine rings is 1. The maximum atomic E-state index is 12.6. The number of carbonyl (C=O) groups excluding carboxylic acids is 1. The van der Waals surface area contributed by atoms with E-state index in [0.717, 1.165) is 43.1 Å². The van der Waals surface area contributed by atoms with E-state index in [9.17, 15) is 4.79 Å². The largest absolute Gasteiger partial charge is 0.361 e. The lowest BCUT2D eigenvalue weighted by atomic mass is 10.1. The number of piperazine rings is 1. The topological polar surface area (TPSA) is 62.5 Å². The normalized spacial score (nSPS) is 16.0. The second kappa shape index (κ2) is 5.88. The van der Waals surface area contributed by atoms with Crippen LogP contribution in [0.5, 0.6) is 0 Å². The maximum absolute atomic E-state index is 12.6. The molecule has 116 valence electrons. The maximum Gasteiger partial charge on any atom is 0.272 e. The number of rotatable bonds is 2. The third-order valence-corrected chi connectivity index (χ3v) is 4.05. The van der Waals surface area contributed by atoms with Crippen molar-refractivity contribution >= 4 is 5.91 Å². The first kappa shape index (κ1) is 14.7. The monoisotopic (exact) mass is 300 g/mol. The van der Waals surface area contributed by atoms with Gasteiger partial charge in [0.15, 0.2) is 0 Å². The summed E-state index contributed by atoms with van der Waals surface area (Å²) in [6.45, 7) is 7.01. The summed E-state index contributed by atoms with van der Waals surface area (Å²) in [7, 11) is 2.07. The Morgan fingerprint density at radius 1 is 1.18 bits per heavy atom. The Bertz CT molecular complexity index is 668. The van der Waals surface area contributed by atoms with Gasteiger partial charge in [-0.3, -0.25) is 4.79 Å². The number of nitrogens with zero attached hydrogens (tertiary/aromatic N) is 4. The van der Waals surface area contributed by atoms with Crippen LogP contribution in [0.15, 0.2) is 22.7 Å². The van der Waals surface area contributed by atoms with E-state index in [2.05, 4.69) is 22.1 Å². The van der Waals surface area contributed by atoms with E-state index < -0.39 is 0 Å². The number of carbonyl (C=O) groups is 1. The van der Waals surface area contributed by atoms with Crippen LogP contribution in [-0.4, -0.2) is 59.1 Å².